The molecule has 1 heterocycles. The zero-order chi connectivity index (χ0) is 15.5. The van der Waals surface area contributed by atoms with Crippen LogP contribution in [-0.4, -0.2) is 56.7 Å². The lowest BCUT2D eigenvalue weighted by molar-refractivity contribution is -0.133. The Morgan fingerprint density at radius 2 is 2.05 bits per heavy atom. The lowest BCUT2D eigenvalue weighted by Gasteiger charge is -2.23. The van der Waals surface area contributed by atoms with Gasteiger partial charge in [-0.25, -0.2) is 8.42 Å². The number of sulfone groups is 1. The van der Waals surface area contributed by atoms with Crippen LogP contribution in [-0.2, 0) is 14.6 Å². The Bertz CT molecular complexity index is 598. The molecule has 0 saturated carbocycles. The van der Waals surface area contributed by atoms with Crippen molar-refractivity contribution in [2.75, 3.05) is 31.4 Å². The van der Waals surface area contributed by atoms with Gasteiger partial charge in [0.15, 0.2) is 16.4 Å². The fraction of sp³-hybridized carbons (Fsp3) is 0.500. The maximum Gasteiger partial charge on any atom is 0.260 e. The summed E-state index contributed by atoms with van der Waals surface area (Å²) >= 11 is 1.64. The van der Waals surface area contributed by atoms with E-state index in [0.717, 1.165) is 4.90 Å². The summed E-state index contributed by atoms with van der Waals surface area (Å²) in [5, 5.41) is 0. The minimum atomic E-state index is -2.99. The topological polar surface area (TPSA) is 63.7 Å². The van der Waals surface area contributed by atoms with E-state index in [1.807, 2.05) is 30.5 Å². The zero-order valence-corrected chi connectivity index (χ0v) is 13.7. The van der Waals surface area contributed by atoms with Crippen LogP contribution in [0.1, 0.15) is 6.42 Å². The Morgan fingerprint density at radius 1 is 1.38 bits per heavy atom. The SMILES string of the molecule is CSc1ccc(OCC(=O)N(C)[C@@H]2CCS(=O)(=O)C2)cc1. The van der Waals surface area contributed by atoms with Crippen LogP contribution in [0.3, 0.4) is 0 Å². The maximum absolute atomic E-state index is 12.0. The van der Waals surface area contributed by atoms with Crippen molar-refractivity contribution in [3.63, 3.8) is 0 Å². The number of carbonyl (C=O) groups is 1. The van der Waals surface area contributed by atoms with Gasteiger partial charge >= 0.3 is 0 Å². The second-order valence-corrected chi connectivity index (χ2v) is 8.13. The molecule has 1 aromatic carbocycles. The van der Waals surface area contributed by atoms with Gasteiger partial charge in [-0.05, 0) is 36.9 Å². The van der Waals surface area contributed by atoms with Crippen LogP contribution in [0.5, 0.6) is 5.75 Å². The number of likely N-dealkylation sites (N-methyl/N-ethyl adjacent to an activating group) is 1. The van der Waals surface area contributed by atoms with Crippen molar-refractivity contribution < 1.29 is 17.9 Å². The molecule has 1 aliphatic heterocycles. The van der Waals surface area contributed by atoms with Gasteiger partial charge in [-0.3, -0.25) is 4.79 Å². The monoisotopic (exact) mass is 329 g/mol. The number of nitrogens with zero attached hydrogens (tertiary/aromatic N) is 1. The Morgan fingerprint density at radius 3 is 2.57 bits per heavy atom. The highest BCUT2D eigenvalue weighted by atomic mass is 32.2. The summed E-state index contributed by atoms with van der Waals surface area (Å²) in [6.45, 7) is -0.0777. The standard InChI is InChI=1S/C14H19NO4S2/c1-15(11-7-8-21(17,18)10-11)14(16)9-19-12-3-5-13(20-2)6-4-12/h3-6,11H,7-10H2,1-2H3/t11-/m1/s1. The first-order valence-corrected chi connectivity index (χ1v) is 9.69. The smallest absolute Gasteiger partial charge is 0.260 e. The second kappa shape index (κ2) is 6.70. The summed E-state index contributed by atoms with van der Waals surface area (Å²) in [5.41, 5.74) is 0. The van der Waals surface area contributed by atoms with Crippen molar-refractivity contribution in [3.05, 3.63) is 24.3 Å². The summed E-state index contributed by atoms with van der Waals surface area (Å²) in [6, 6.07) is 7.26. The van der Waals surface area contributed by atoms with Crippen molar-refractivity contribution >= 4 is 27.5 Å². The fourth-order valence-electron chi connectivity index (χ4n) is 2.20. The van der Waals surface area contributed by atoms with E-state index in [0.29, 0.717) is 12.2 Å². The predicted molar refractivity (Wildman–Crippen MR) is 83.5 cm³/mol. The molecule has 1 fully saturated rings. The number of carbonyl (C=O) groups excluding carboxylic acids is 1. The molecule has 0 aliphatic carbocycles. The molecule has 116 valence electrons. The van der Waals surface area contributed by atoms with Gasteiger partial charge in [0.1, 0.15) is 5.75 Å². The molecule has 0 unspecified atom stereocenters. The van der Waals surface area contributed by atoms with E-state index in [2.05, 4.69) is 0 Å². The average Bonchev–Trinajstić information content (AvgIpc) is 2.84. The van der Waals surface area contributed by atoms with Crippen LogP contribution in [0.2, 0.25) is 0 Å². The van der Waals surface area contributed by atoms with Crippen molar-refractivity contribution in [2.24, 2.45) is 0 Å². The van der Waals surface area contributed by atoms with Gasteiger partial charge in [-0.2, -0.15) is 0 Å². The summed E-state index contributed by atoms with van der Waals surface area (Å²) in [5.74, 6) is 0.642. The van der Waals surface area contributed by atoms with Crippen LogP contribution in [0.15, 0.2) is 29.2 Å². The van der Waals surface area contributed by atoms with Gasteiger partial charge in [0.25, 0.3) is 5.91 Å². The van der Waals surface area contributed by atoms with Crippen LogP contribution in [0.4, 0.5) is 0 Å². The lowest BCUT2D eigenvalue weighted by atomic mass is 10.2. The molecular weight excluding hydrogens is 310 g/mol. The number of thioether (sulfide) groups is 1. The van der Waals surface area contributed by atoms with Crippen molar-refractivity contribution in [2.45, 2.75) is 17.4 Å². The largest absolute Gasteiger partial charge is 0.484 e. The molecule has 0 bridgehead atoms. The van der Waals surface area contributed by atoms with Crippen molar-refractivity contribution in [3.8, 4) is 5.75 Å². The molecule has 1 atom stereocenters. The average molecular weight is 329 g/mol. The molecule has 0 radical (unpaired) electrons. The Labute approximate surface area is 129 Å². The first kappa shape index (κ1) is 16.2. The van der Waals surface area contributed by atoms with Crippen LogP contribution < -0.4 is 4.74 Å². The first-order valence-electron chi connectivity index (χ1n) is 6.64. The molecule has 1 saturated heterocycles. The summed E-state index contributed by atoms with van der Waals surface area (Å²) in [7, 11) is -1.35. The number of hydrogen-bond acceptors (Lipinski definition) is 5. The van der Waals surface area contributed by atoms with Crippen LogP contribution in [0, 0.1) is 0 Å². The molecule has 1 aliphatic rings. The molecule has 2 rings (SSSR count). The Balaban J connectivity index is 1.86. The van der Waals surface area contributed by atoms with Gasteiger partial charge in [-0.1, -0.05) is 0 Å². The molecule has 7 heteroatoms. The minimum absolute atomic E-state index is 0.0532. The van der Waals surface area contributed by atoms with E-state index in [1.54, 1.807) is 18.8 Å². The molecule has 0 N–H and O–H groups in total. The number of ether oxygens (including phenoxy) is 1. The first-order chi connectivity index (χ1) is 9.91. The number of hydrogen-bond donors (Lipinski definition) is 0. The second-order valence-electron chi connectivity index (χ2n) is 5.03. The van der Waals surface area contributed by atoms with E-state index in [4.69, 9.17) is 4.74 Å². The van der Waals surface area contributed by atoms with E-state index in [1.165, 1.54) is 4.90 Å². The van der Waals surface area contributed by atoms with Crippen molar-refractivity contribution in [1.29, 1.82) is 0 Å². The number of benzene rings is 1. The fourth-order valence-corrected chi connectivity index (χ4v) is 4.39. The zero-order valence-electron chi connectivity index (χ0n) is 12.1. The van der Waals surface area contributed by atoms with E-state index in [9.17, 15) is 13.2 Å². The van der Waals surface area contributed by atoms with Gasteiger partial charge < -0.3 is 9.64 Å². The van der Waals surface area contributed by atoms with Crippen LogP contribution in [0.25, 0.3) is 0 Å². The summed E-state index contributed by atoms with van der Waals surface area (Å²) in [4.78, 5) is 14.7. The third-order valence-corrected chi connectivity index (χ3v) is 6.07. The molecule has 0 aromatic heterocycles. The molecule has 1 aromatic rings. The summed E-state index contributed by atoms with van der Waals surface area (Å²) in [6.07, 6.45) is 2.50. The van der Waals surface area contributed by atoms with E-state index in [-0.39, 0.29) is 30.1 Å². The van der Waals surface area contributed by atoms with E-state index >= 15 is 0 Å². The van der Waals surface area contributed by atoms with Gasteiger partial charge in [0.2, 0.25) is 0 Å². The number of amides is 1. The molecule has 0 spiro atoms. The maximum atomic E-state index is 12.0. The molecule has 21 heavy (non-hydrogen) atoms. The quantitative estimate of drug-likeness (QED) is 0.765. The third kappa shape index (κ3) is 4.38. The van der Waals surface area contributed by atoms with E-state index < -0.39 is 9.84 Å². The molecule has 1 amide bonds. The van der Waals surface area contributed by atoms with Crippen molar-refractivity contribution in [1.82, 2.24) is 4.90 Å². The highest BCUT2D eigenvalue weighted by Gasteiger charge is 2.32. The molecule has 5 nitrogen and oxygen atoms in total. The minimum Gasteiger partial charge on any atom is -0.484 e. The Hall–Kier alpha value is -1.21. The Kier molecular flexibility index (Phi) is 5.16. The third-order valence-electron chi connectivity index (χ3n) is 3.57. The van der Waals surface area contributed by atoms with Gasteiger partial charge in [-0.15, -0.1) is 11.8 Å². The normalized spacial score (nSPS) is 20.2. The summed E-state index contributed by atoms with van der Waals surface area (Å²) < 4.78 is 28.3. The lowest BCUT2D eigenvalue weighted by Crippen LogP contribution is -2.40. The molecular formula is C14H19NO4S2. The predicted octanol–water partition coefficient (Wildman–Crippen LogP) is 1.43. The highest BCUT2D eigenvalue weighted by molar-refractivity contribution is 7.98. The van der Waals surface area contributed by atoms with Crippen LogP contribution >= 0.6 is 11.8 Å². The highest BCUT2D eigenvalue weighted by Crippen LogP contribution is 2.20. The van der Waals surface area contributed by atoms with Gasteiger partial charge in [0, 0.05) is 18.0 Å². The number of rotatable bonds is 5. The van der Waals surface area contributed by atoms with Gasteiger partial charge in [0.05, 0.1) is 11.5 Å².